The van der Waals surface area contributed by atoms with Crippen molar-refractivity contribution in [3.05, 3.63) is 11.4 Å². The zero-order valence-electron chi connectivity index (χ0n) is 3.97. The second kappa shape index (κ2) is 3.57. The molecule has 0 unspecified atom stereocenters. The molecule has 0 bridgehead atoms. The minimum Gasteiger partial charge on any atom is -0.484 e. The lowest BCUT2D eigenvalue weighted by molar-refractivity contribution is 0.410. The van der Waals surface area contributed by atoms with Gasteiger partial charge < -0.3 is 9.58 Å². The molecule has 0 aliphatic heterocycles. The van der Waals surface area contributed by atoms with Gasteiger partial charge in [0, 0.05) is 0 Å². The standard InChI is InChI=1S/C4H5NOS/c1-5-3-4(7)6-2/h3H2,2H3. The summed E-state index contributed by atoms with van der Waals surface area (Å²) >= 11 is 4.52. The van der Waals surface area contributed by atoms with Crippen LogP contribution < -0.4 is 0 Å². The SMILES string of the molecule is [C-]#[N+]CC(=S)OC. The molecule has 0 N–H and O–H groups in total. The van der Waals surface area contributed by atoms with Gasteiger partial charge in [-0.15, -0.1) is 0 Å². The second-order valence-corrected chi connectivity index (χ2v) is 1.35. The summed E-state index contributed by atoms with van der Waals surface area (Å²) in [6.07, 6.45) is 0. The molecule has 0 heterocycles. The van der Waals surface area contributed by atoms with Gasteiger partial charge in [0.25, 0.3) is 6.54 Å². The number of nitrogens with zero attached hydrogens (tertiary/aromatic N) is 1. The quantitative estimate of drug-likeness (QED) is 0.372. The van der Waals surface area contributed by atoms with Crippen LogP contribution in [0.3, 0.4) is 0 Å². The third-order valence-corrected chi connectivity index (χ3v) is 0.732. The van der Waals surface area contributed by atoms with Crippen molar-refractivity contribution in [2.24, 2.45) is 0 Å². The highest BCUT2D eigenvalue weighted by Crippen LogP contribution is 1.77. The van der Waals surface area contributed by atoms with Crippen molar-refractivity contribution in [3.8, 4) is 0 Å². The summed E-state index contributed by atoms with van der Waals surface area (Å²) in [5.41, 5.74) is 0. The summed E-state index contributed by atoms with van der Waals surface area (Å²) in [4.78, 5) is 2.99. The van der Waals surface area contributed by atoms with Crippen LogP contribution in [-0.2, 0) is 4.74 Å². The molecule has 38 valence electrons. The average Bonchev–Trinajstić information content (AvgIpc) is 1.68. The maximum atomic E-state index is 6.29. The van der Waals surface area contributed by atoms with Gasteiger partial charge >= 0.3 is 0 Å². The van der Waals surface area contributed by atoms with Gasteiger partial charge in [-0.2, -0.15) is 0 Å². The van der Waals surface area contributed by atoms with Gasteiger partial charge in [0.1, 0.15) is 0 Å². The molecule has 0 aromatic carbocycles. The maximum absolute atomic E-state index is 6.29. The highest BCUT2D eigenvalue weighted by atomic mass is 32.1. The summed E-state index contributed by atoms with van der Waals surface area (Å²) in [6, 6.07) is 0. The Hall–Kier alpha value is -0.620. The Morgan fingerprint density at radius 2 is 2.57 bits per heavy atom. The first-order valence-corrected chi connectivity index (χ1v) is 2.12. The van der Waals surface area contributed by atoms with Crippen LogP contribution in [0.5, 0.6) is 0 Å². The Bertz CT molecular complexity index is 105. The molecule has 3 heteroatoms. The van der Waals surface area contributed by atoms with Gasteiger partial charge in [-0.05, 0) is 12.2 Å². The number of thiocarbonyl (C=S) groups is 1. The molecule has 0 aromatic heterocycles. The van der Waals surface area contributed by atoms with E-state index >= 15 is 0 Å². The zero-order valence-corrected chi connectivity index (χ0v) is 4.79. The molecular formula is C4H5NOS. The molecule has 0 spiro atoms. The number of methoxy groups -OCH3 is 1. The maximum Gasteiger partial charge on any atom is 0.281 e. The van der Waals surface area contributed by atoms with Crippen LogP contribution in [0.1, 0.15) is 0 Å². The van der Waals surface area contributed by atoms with Gasteiger partial charge in [0.05, 0.1) is 7.11 Å². The molecule has 7 heavy (non-hydrogen) atoms. The van der Waals surface area contributed by atoms with Gasteiger partial charge in [-0.3, -0.25) is 0 Å². The summed E-state index contributed by atoms with van der Waals surface area (Å²) in [7, 11) is 1.47. The summed E-state index contributed by atoms with van der Waals surface area (Å²) in [5, 5.41) is 0.356. The molecular weight excluding hydrogens is 110 g/mol. The zero-order chi connectivity index (χ0) is 5.70. The van der Waals surface area contributed by atoms with E-state index in [2.05, 4.69) is 21.8 Å². The van der Waals surface area contributed by atoms with Crippen LogP contribution in [0.25, 0.3) is 4.85 Å². The monoisotopic (exact) mass is 115 g/mol. The Morgan fingerprint density at radius 1 is 2.00 bits per heavy atom. The lowest BCUT2D eigenvalue weighted by Crippen LogP contribution is -1.98. The molecule has 0 saturated heterocycles. The van der Waals surface area contributed by atoms with Crippen LogP contribution in [0.4, 0.5) is 0 Å². The summed E-state index contributed by atoms with van der Waals surface area (Å²) in [6.45, 7) is 6.49. The Balaban J connectivity index is 3.23. The van der Waals surface area contributed by atoms with Crippen LogP contribution in [0.15, 0.2) is 0 Å². The Morgan fingerprint density at radius 3 is 2.71 bits per heavy atom. The molecule has 0 amide bonds. The number of hydrogen-bond donors (Lipinski definition) is 0. The van der Waals surface area contributed by atoms with Crippen molar-refractivity contribution in [1.82, 2.24) is 0 Å². The third-order valence-electron chi connectivity index (χ3n) is 0.436. The van der Waals surface area contributed by atoms with Gasteiger partial charge in [-0.1, -0.05) is 0 Å². The second-order valence-electron chi connectivity index (χ2n) is 0.892. The van der Waals surface area contributed by atoms with E-state index in [1.165, 1.54) is 7.11 Å². The Labute approximate surface area is 47.9 Å². The first-order valence-electron chi connectivity index (χ1n) is 1.71. The largest absolute Gasteiger partial charge is 0.484 e. The van der Waals surface area contributed by atoms with Crippen LogP contribution in [-0.4, -0.2) is 18.7 Å². The fraction of sp³-hybridized carbons (Fsp3) is 0.500. The minimum atomic E-state index is 0.200. The normalized spacial score (nSPS) is 6.86. The number of hydrogen-bond acceptors (Lipinski definition) is 2. The number of rotatable bonds is 1. The fourth-order valence-electron chi connectivity index (χ4n) is 0.129. The smallest absolute Gasteiger partial charge is 0.281 e. The van der Waals surface area contributed by atoms with E-state index in [1.807, 2.05) is 0 Å². The molecule has 0 atom stereocenters. The predicted molar refractivity (Wildman–Crippen MR) is 31.1 cm³/mol. The van der Waals surface area contributed by atoms with Crippen molar-refractivity contribution < 1.29 is 4.74 Å². The van der Waals surface area contributed by atoms with Crippen molar-refractivity contribution in [3.63, 3.8) is 0 Å². The first kappa shape index (κ1) is 6.38. The van der Waals surface area contributed by atoms with Gasteiger partial charge in [0.15, 0.2) is 0 Å². The van der Waals surface area contributed by atoms with Crippen molar-refractivity contribution in [2.45, 2.75) is 0 Å². The molecule has 0 saturated carbocycles. The van der Waals surface area contributed by atoms with Gasteiger partial charge in [-0.25, -0.2) is 6.57 Å². The van der Waals surface area contributed by atoms with Crippen LogP contribution in [0, 0.1) is 6.57 Å². The van der Waals surface area contributed by atoms with Crippen LogP contribution in [0.2, 0.25) is 0 Å². The predicted octanol–water partition coefficient (Wildman–Crippen LogP) is 0.879. The van der Waals surface area contributed by atoms with E-state index in [0.717, 1.165) is 0 Å². The topological polar surface area (TPSA) is 13.6 Å². The van der Waals surface area contributed by atoms with E-state index in [9.17, 15) is 0 Å². The molecule has 0 fully saturated rings. The fourth-order valence-corrected chi connectivity index (χ4v) is 0.194. The summed E-state index contributed by atoms with van der Waals surface area (Å²) in [5.74, 6) is 0. The average molecular weight is 115 g/mol. The molecule has 0 rings (SSSR count). The lowest BCUT2D eigenvalue weighted by atomic mass is 10.7. The molecule has 0 aliphatic rings. The van der Waals surface area contributed by atoms with E-state index in [4.69, 9.17) is 6.57 Å². The van der Waals surface area contributed by atoms with E-state index in [0.29, 0.717) is 5.05 Å². The van der Waals surface area contributed by atoms with Crippen molar-refractivity contribution in [2.75, 3.05) is 13.7 Å². The Kier molecular flexibility index (Phi) is 3.25. The van der Waals surface area contributed by atoms with E-state index < -0.39 is 0 Å². The highest BCUT2D eigenvalue weighted by Gasteiger charge is 1.91. The molecule has 0 aliphatic carbocycles. The third kappa shape index (κ3) is 3.20. The number of ether oxygens (including phenoxy) is 1. The molecule has 2 nitrogen and oxygen atoms in total. The minimum absolute atomic E-state index is 0.200. The highest BCUT2D eigenvalue weighted by molar-refractivity contribution is 7.80. The molecule has 0 radical (unpaired) electrons. The first-order chi connectivity index (χ1) is 3.31. The molecule has 0 aromatic rings. The van der Waals surface area contributed by atoms with Crippen molar-refractivity contribution in [1.29, 1.82) is 0 Å². The van der Waals surface area contributed by atoms with Crippen molar-refractivity contribution >= 4 is 17.3 Å². The van der Waals surface area contributed by atoms with Crippen LogP contribution >= 0.6 is 12.2 Å². The van der Waals surface area contributed by atoms with Gasteiger partial charge in [0.2, 0.25) is 5.05 Å². The lowest BCUT2D eigenvalue weighted by Gasteiger charge is -1.87. The van der Waals surface area contributed by atoms with E-state index in [-0.39, 0.29) is 6.54 Å². The summed E-state index contributed by atoms with van der Waals surface area (Å²) < 4.78 is 4.51. The van der Waals surface area contributed by atoms with E-state index in [1.54, 1.807) is 0 Å².